The quantitative estimate of drug-likeness (QED) is 0.518. The fourth-order valence-corrected chi connectivity index (χ4v) is 1.78. The molecular formula is C8H17N2O2P. The minimum absolute atomic E-state index is 0.0324. The Morgan fingerprint density at radius 2 is 2.46 bits per heavy atom. The molecule has 3 N–H and O–H groups in total. The molecule has 0 saturated carbocycles. The van der Waals surface area contributed by atoms with E-state index < -0.39 is 5.60 Å². The standard InChI is InChI=1S/C8H17N2O2P/c1-8(12)4-2-3-6(10-13)7(11)9-5-8/h6,10,12H,2-5,13H2,1H3,(H,9,11). The summed E-state index contributed by atoms with van der Waals surface area (Å²) in [4.78, 5) is 11.4. The van der Waals surface area contributed by atoms with E-state index in [2.05, 4.69) is 19.8 Å². The summed E-state index contributed by atoms with van der Waals surface area (Å²) < 4.78 is 0. The van der Waals surface area contributed by atoms with Crippen LogP contribution in [-0.4, -0.2) is 29.2 Å². The molecular weight excluding hydrogens is 187 g/mol. The van der Waals surface area contributed by atoms with Gasteiger partial charge >= 0.3 is 0 Å². The molecule has 1 amide bonds. The number of hydrogen-bond donors (Lipinski definition) is 3. The van der Waals surface area contributed by atoms with Crippen LogP contribution in [0.3, 0.4) is 0 Å². The van der Waals surface area contributed by atoms with Crippen molar-refractivity contribution in [3.8, 4) is 0 Å². The SMILES string of the molecule is CC1(O)CCCC(NP)C(=O)NC1. The number of β-amino-alcohol motifs (C(OH)–C–C–N with tert-alkyl or cyclic N) is 1. The van der Waals surface area contributed by atoms with Crippen molar-refractivity contribution in [3.63, 3.8) is 0 Å². The maximum absolute atomic E-state index is 11.4. The van der Waals surface area contributed by atoms with E-state index in [0.717, 1.165) is 19.3 Å². The number of nitrogens with one attached hydrogen (secondary N) is 2. The van der Waals surface area contributed by atoms with Crippen molar-refractivity contribution in [1.82, 2.24) is 10.4 Å². The molecule has 1 saturated heterocycles. The van der Waals surface area contributed by atoms with Crippen LogP contribution in [0.4, 0.5) is 0 Å². The van der Waals surface area contributed by atoms with Gasteiger partial charge in [-0.3, -0.25) is 9.88 Å². The first-order valence-electron chi connectivity index (χ1n) is 4.51. The molecule has 1 aliphatic rings. The van der Waals surface area contributed by atoms with Gasteiger partial charge in [-0.1, -0.05) is 9.39 Å². The van der Waals surface area contributed by atoms with Gasteiger partial charge in [-0.2, -0.15) is 0 Å². The summed E-state index contributed by atoms with van der Waals surface area (Å²) in [5.41, 5.74) is -0.748. The predicted octanol–water partition coefficient (Wildman–Crippen LogP) is -0.214. The molecule has 0 aromatic heterocycles. The van der Waals surface area contributed by atoms with Crippen molar-refractivity contribution < 1.29 is 9.90 Å². The van der Waals surface area contributed by atoms with Crippen LogP contribution in [0.1, 0.15) is 26.2 Å². The Kier molecular flexibility index (Phi) is 3.65. The van der Waals surface area contributed by atoms with Crippen molar-refractivity contribution in [3.05, 3.63) is 0 Å². The summed E-state index contributed by atoms with van der Waals surface area (Å²) in [7, 11) is 2.35. The summed E-state index contributed by atoms with van der Waals surface area (Å²) in [5.74, 6) is -0.0324. The molecule has 1 rings (SSSR count). The van der Waals surface area contributed by atoms with E-state index in [1.54, 1.807) is 6.92 Å². The maximum Gasteiger partial charge on any atom is 0.237 e. The normalized spacial score (nSPS) is 36.2. The van der Waals surface area contributed by atoms with Gasteiger partial charge in [0, 0.05) is 6.54 Å². The fraction of sp³-hybridized carbons (Fsp3) is 0.875. The van der Waals surface area contributed by atoms with Crippen LogP contribution in [0, 0.1) is 0 Å². The number of amides is 1. The highest BCUT2D eigenvalue weighted by molar-refractivity contribution is 7.13. The summed E-state index contributed by atoms with van der Waals surface area (Å²) in [5, 5.41) is 15.3. The van der Waals surface area contributed by atoms with Gasteiger partial charge < -0.3 is 10.4 Å². The lowest BCUT2D eigenvalue weighted by Gasteiger charge is -2.28. The van der Waals surface area contributed by atoms with E-state index >= 15 is 0 Å². The van der Waals surface area contributed by atoms with Gasteiger partial charge in [-0.05, 0) is 26.2 Å². The van der Waals surface area contributed by atoms with Gasteiger partial charge in [-0.25, -0.2) is 0 Å². The minimum Gasteiger partial charge on any atom is -0.388 e. The topological polar surface area (TPSA) is 61.4 Å². The van der Waals surface area contributed by atoms with E-state index in [9.17, 15) is 9.90 Å². The molecule has 1 fully saturated rings. The molecule has 4 nitrogen and oxygen atoms in total. The van der Waals surface area contributed by atoms with Crippen molar-refractivity contribution in [2.75, 3.05) is 6.54 Å². The predicted molar refractivity (Wildman–Crippen MR) is 54.1 cm³/mol. The van der Waals surface area contributed by atoms with Gasteiger partial charge in [0.1, 0.15) is 0 Å². The zero-order valence-corrected chi connectivity index (χ0v) is 8.99. The third-order valence-electron chi connectivity index (χ3n) is 2.37. The Balaban J connectivity index is 2.53. The summed E-state index contributed by atoms with van der Waals surface area (Å²) in [6.07, 6.45) is 2.37. The van der Waals surface area contributed by atoms with Crippen LogP contribution in [0.15, 0.2) is 0 Å². The van der Waals surface area contributed by atoms with Crippen molar-refractivity contribution in [2.24, 2.45) is 0 Å². The Hall–Kier alpha value is -0.180. The Morgan fingerprint density at radius 1 is 1.77 bits per heavy atom. The number of rotatable bonds is 1. The lowest BCUT2D eigenvalue weighted by molar-refractivity contribution is -0.124. The first kappa shape index (κ1) is 10.9. The molecule has 0 spiro atoms. The first-order chi connectivity index (χ1) is 6.05. The zero-order valence-electron chi connectivity index (χ0n) is 7.84. The summed E-state index contributed by atoms with van der Waals surface area (Å²) >= 11 is 0. The molecule has 0 bridgehead atoms. The monoisotopic (exact) mass is 204 g/mol. The average Bonchev–Trinajstić information content (AvgIpc) is 2.07. The van der Waals surface area contributed by atoms with E-state index in [0.29, 0.717) is 6.54 Å². The molecule has 0 aromatic rings. The van der Waals surface area contributed by atoms with E-state index in [1.807, 2.05) is 0 Å². The molecule has 13 heavy (non-hydrogen) atoms. The first-order valence-corrected chi connectivity index (χ1v) is 5.09. The van der Waals surface area contributed by atoms with E-state index in [1.165, 1.54) is 0 Å². The largest absolute Gasteiger partial charge is 0.388 e. The molecule has 3 unspecified atom stereocenters. The van der Waals surface area contributed by atoms with Gasteiger partial charge in [0.05, 0.1) is 11.6 Å². The highest BCUT2D eigenvalue weighted by atomic mass is 31.0. The fourth-order valence-electron chi connectivity index (χ4n) is 1.47. The lowest BCUT2D eigenvalue weighted by Crippen LogP contribution is -2.49. The van der Waals surface area contributed by atoms with Crippen molar-refractivity contribution >= 4 is 15.3 Å². The number of carbonyl (C=O) groups excluding carboxylic acids is 1. The third-order valence-corrected chi connectivity index (χ3v) is 2.77. The third kappa shape index (κ3) is 3.22. The molecule has 76 valence electrons. The molecule has 0 aliphatic carbocycles. The van der Waals surface area contributed by atoms with Crippen LogP contribution in [0.5, 0.6) is 0 Å². The van der Waals surface area contributed by atoms with E-state index in [-0.39, 0.29) is 11.9 Å². The highest BCUT2D eigenvalue weighted by Gasteiger charge is 2.27. The van der Waals surface area contributed by atoms with E-state index in [4.69, 9.17) is 0 Å². The molecule has 5 heteroatoms. The zero-order chi connectivity index (χ0) is 9.90. The van der Waals surface area contributed by atoms with Gasteiger partial charge in [0.25, 0.3) is 0 Å². The second kappa shape index (κ2) is 4.36. The molecule has 3 atom stereocenters. The number of hydrogen-bond acceptors (Lipinski definition) is 3. The molecule has 0 radical (unpaired) electrons. The van der Waals surface area contributed by atoms with Crippen LogP contribution in [0.25, 0.3) is 0 Å². The van der Waals surface area contributed by atoms with Crippen LogP contribution < -0.4 is 10.4 Å². The minimum atomic E-state index is -0.748. The van der Waals surface area contributed by atoms with Gasteiger partial charge in [0.2, 0.25) is 5.91 Å². The van der Waals surface area contributed by atoms with Gasteiger partial charge in [0.15, 0.2) is 0 Å². The van der Waals surface area contributed by atoms with Gasteiger partial charge in [-0.15, -0.1) is 0 Å². The number of aliphatic hydroxyl groups is 1. The van der Waals surface area contributed by atoms with Crippen molar-refractivity contribution in [1.29, 1.82) is 0 Å². The van der Waals surface area contributed by atoms with Crippen LogP contribution in [-0.2, 0) is 4.79 Å². The summed E-state index contributed by atoms with van der Waals surface area (Å²) in [6, 6.07) is -0.138. The Labute approximate surface area is 80.7 Å². The average molecular weight is 204 g/mol. The molecule has 1 aliphatic heterocycles. The smallest absolute Gasteiger partial charge is 0.237 e. The highest BCUT2D eigenvalue weighted by Crippen LogP contribution is 2.16. The molecule has 1 heterocycles. The summed E-state index contributed by atoms with van der Waals surface area (Å²) in [6.45, 7) is 2.09. The Bertz CT molecular complexity index is 197. The number of carbonyl (C=O) groups is 1. The Morgan fingerprint density at radius 3 is 3.08 bits per heavy atom. The second-order valence-corrected chi connectivity index (χ2v) is 4.16. The maximum atomic E-state index is 11.4. The lowest BCUT2D eigenvalue weighted by atomic mass is 9.95. The van der Waals surface area contributed by atoms with Crippen LogP contribution >= 0.6 is 9.39 Å². The molecule has 0 aromatic carbocycles. The second-order valence-electron chi connectivity index (χ2n) is 3.83. The van der Waals surface area contributed by atoms with Crippen molar-refractivity contribution in [2.45, 2.75) is 37.8 Å². The van der Waals surface area contributed by atoms with Crippen LogP contribution in [0.2, 0.25) is 0 Å².